The van der Waals surface area contributed by atoms with Crippen molar-refractivity contribution in [3.05, 3.63) is 0 Å². The molecular weight excluding hydrogens is 258 g/mol. The van der Waals surface area contributed by atoms with E-state index < -0.39 is 0 Å². The third-order valence-electron chi connectivity index (χ3n) is 6.55. The zero-order valence-corrected chi connectivity index (χ0v) is 14.2. The van der Waals surface area contributed by atoms with E-state index in [2.05, 4.69) is 6.92 Å². The minimum atomic E-state index is 0.594. The van der Waals surface area contributed by atoms with Crippen molar-refractivity contribution in [2.75, 3.05) is 32.8 Å². The lowest BCUT2D eigenvalue weighted by Crippen LogP contribution is -2.64. The van der Waals surface area contributed by atoms with Gasteiger partial charge in [0.1, 0.15) is 12.6 Å². The summed E-state index contributed by atoms with van der Waals surface area (Å²) in [6.07, 6.45) is 14.8. The maximum atomic E-state index is 6.47. The van der Waals surface area contributed by atoms with Crippen LogP contribution in [0.5, 0.6) is 0 Å². The van der Waals surface area contributed by atoms with Gasteiger partial charge in [-0.3, -0.25) is 0 Å². The summed E-state index contributed by atoms with van der Waals surface area (Å²) in [5, 5.41) is 0. The molecule has 0 radical (unpaired) electrons. The van der Waals surface area contributed by atoms with Crippen LogP contribution in [-0.4, -0.2) is 43.4 Å². The Hall–Kier alpha value is -0.0800. The molecule has 2 heteroatoms. The highest BCUT2D eigenvalue weighted by Gasteiger charge is 2.46. The van der Waals surface area contributed by atoms with Gasteiger partial charge >= 0.3 is 0 Å². The lowest BCUT2D eigenvalue weighted by molar-refractivity contribution is -0.946. The highest BCUT2D eigenvalue weighted by molar-refractivity contribution is 4.81. The molecule has 3 aliphatic heterocycles. The zero-order chi connectivity index (χ0) is 14.5. The molecule has 3 heterocycles. The van der Waals surface area contributed by atoms with Crippen molar-refractivity contribution in [2.45, 2.75) is 77.2 Å². The Labute approximate surface area is 131 Å². The SMILES string of the molecule is CCCCC[N+]12CCC(CC1)C(OCC1CCCCC1)C2. The molecule has 4 fully saturated rings. The molecule has 1 saturated carbocycles. The molecule has 0 amide bonds. The topological polar surface area (TPSA) is 9.23 Å². The summed E-state index contributed by atoms with van der Waals surface area (Å²) in [6.45, 7) is 9.02. The van der Waals surface area contributed by atoms with Crippen LogP contribution < -0.4 is 0 Å². The largest absolute Gasteiger partial charge is 0.372 e. The number of hydrogen-bond acceptors (Lipinski definition) is 1. The van der Waals surface area contributed by atoms with Crippen LogP contribution in [0.15, 0.2) is 0 Å². The van der Waals surface area contributed by atoms with Gasteiger partial charge in [-0.25, -0.2) is 0 Å². The maximum absolute atomic E-state index is 6.47. The molecule has 4 rings (SSSR count). The lowest BCUT2D eigenvalue weighted by Gasteiger charge is -2.52. The number of rotatable bonds is 7. The van der Waals surface area contributed by atoms with Gasteiger partial charge in [0.25, 0.3) is 0 Å². The fourth-order valence-electron chi connectivity index (χ4n) is 5.04. The van der Waals surface area contributed by atoms with Crippen molar-refractivity contribution >= 4 is 0 Å². The first kappa shape index (κ1) is 15.8. The summed E-state index contributed by atoms with van der Waals surface area (Å²) in [6, 6.07) is 0. The molecule has 21 heavy (non-hydrogen) atoms. The average Bonchev–Trinajstić information content (AvgIpc) is 2.55. The molecule has 0 spiro atoms. The highest BCUT2D eigenvalue weighted by atomic mass is 16.5. The van der Waals surface area contributed by atoms with Gasteiger partial charge in [-0.15, -0.1) is 0 Å². The number of unbranched alkanes of at least 4 members (excludes halogenated alkanes) is 2. The predicted molar refractivity (Wildman–Crippen MR) is 88.3 cm³/mol. The molecule has 0 N–H and O–H groups in total. The molecule has 4 aliphatic rings. The average molecular weight is 295 g/mol. The van der Waals surface area contributed by atoms with Crippen LogP contribution in [0.3, 0.4) is 0 Å². The molecule has 0 aromatic carbocycles. The minimum absolute atomic E-state index is 0.594. The Morgan fingerprint density at radius 1 is 0.952 bits per heavy atom. The lowest BCUT2D eigenvalue weighted by atomic mass is 9.82. The van der Waals surface area contributed by atoms with Crippen molar-refractivity contribution in [3.8, 4) is 0 Å². The van der Waals surface area contributed by atoms with Gasteiger partial charge in [-0.1, -0.05) is 32.6 Å². The predicted octanol–water partition coefficient (Wildman–Crippen LogP) is 4.38. The summed E-state index contributed by atoms with van der Waals surface area (Å²) in [4.78, 5) is 0. The fraction of sp³-hybridized carbons (Fsp3) is 1.00. The fourth-order valence-corrected chi connectivity index (χ4v) is 5.04. The van der Waals surface area contributed by atoms with Gasteiger partial charge < -0.3 is 9.22 Å². The van der Waals surface area contributed by atoms with Gasteiger partial charge in [-0.05, 0) is 31.6 Å². The molecule has 0 aromatic heterocycles. The van der Waals surface area contributed by atoms with Gasteiger partial charge in [0.05, 0.1) is 26.2 Å². The second-order valence-electron chi connectivity index (χ2n) is 8.12. The van der Waals surface area contributed by atoms with Crippen LogP contribution in [0.1, 0.15) is 71.1 Å². The van der Waals surface area contributed by atoms with Crippen LogP contribution in [0, 0.1) is 11.8 Å². The van der Waals surface area contributed by atoms with Crippen molar-refractivity contribution in [3.63, 3.8) is 0 Å². The van der Waals surface area contributed by atoms with E-state index in [9.17, 15) is 0 Å². The molecule has 1 aliphatic carbocycles. The number of ether oxygens (including phenoxy) is 1. The van der Waals surface area contributed by atoms with E-state index in [1.807, 2.05) is 0 Å². The molecule has 3 saturated heterocycles. The van der Waals surface area contributed by atoms with Gasteiger partial charge in [0, 0.05) is 18.8 Å². The quantitative estimate of drug-likeness (QED) is 0.500. The van der Waals surface area contributed by atoms with E-state index in [4.69, 9.17) is 4.74 Å². The number of fused-ring (bicyclic) bond motifs is 3. The number of piperidine rings is 3. The zero-order valence-electron chi connectivity index (χ0n) is 14.2. The Bertz CT molecular complexity index is 303. The van der Waals surface area contributed by atoms with E-state index in [0.717, 1.165) is 18.4 Å². The van der Waals surface area contributed by atoms with E-state index in [1.54, 1.807) is 0 Å². The minimum Gasteiger partial charge on any atom is -0.372 e. The number of nitrogens with zero attached hydrogens (tertiary/aromatic N) is 1. The summed E-state index contributed by atoms with van der Waals surface area (Å²) < 4.78 is 7.87. The second kappa shape index (κ2) is 7.46. The Morgan fingerprint density at radius 2 is 1.71 bits per heavy atom. The third kappa shape index (κ3) is 4.01. The van der Waals surface area contributed by atoms with E-state index in [1.165, 1.54) is 94.9 Å². The normalized spacial score (nSPS) is 37.0. The second-order valence-corrected chi connectivity index (χ2v) is 8.12. The summed E-state index contributed by atoms with van der Waals surface area (Å²) >= 11 is 0. The number of hydrogen-bond donors (Lipinski definition) is 0. The van der Waals surface area contributed by atoms with E-state index in [-0.39, 0.29) is 0 Å². The van der Waals surface area contributed by atoms with Crippen LogP contribution in [0.25, 0.3) is 0 Å². The van der Waals surface area contributed by atoms with Crippen LogP contribution in [0.2, 0.25) is 0 Å². The van der Waals surface area contributed by atoms with Crippen molar-refractivity contribution < 1.29 is 9.22 Å². The summed E-state index contributed by atoms with van der Waals surface area (Å²) in [5.41, 5.74) is 0. The monoisotopic (exact) mass is 294 g/mol. The first-order valence-corrected chi connectivity index (χ1v) is 9.78. The van der Waals surface area contributed by atoms with E-state index in [0.29, 0.717) is 6.10 Å². The van der Waals surface area contributed by atoms with Crippen LogP contribution in [-0.2, 0) is 4.74 Å². The molecule has 122 valence electrons. The van der Waals surface area contributed by atoms with Gasteiger partial charge in [0.15, 0.2) is 0 Å². The number of quaternary nitrogens is 1. The molecule has 2 bridgehead atoms. The van der Waals surface area contributed by atoms with Gasteiger partial charge in [0.2, 0.25) is 0 Å². The van der Waals surface area contributed by atoms with Crippen molar-refractivity contribution in [1.29, 1.82) is 0 Å². The molecule has 0 aromatic rings. The maximum Gasteiger partial charge on any atom is 0.110 e. The third-order valence-corrected chi connectivity index (χ3v) is 6.55. The molecule has 1 atom stereocenters. The summed E-state index contributed by atoms with van der Waals surface area (Å²) in [7, 11) is 0. The van der Waals surface area contributed by atoms with E-state index >= 15 is 0 Å². The Morgan fingerprint density at radius 3 is 2.43 bits per heavy atom. The van der Waals surface area contributed by atoms with Crippen LogP contribution >= 0.6 is 0 Å². The standard InChI is InChI=1S/C19H36NO/c1-2-3-7-12-20-13-10-18(11-14-20)19(15-20)21-16-17-8-5-4-6-9-17/h17-19H,2-16H2,1H3/q+1. The highest BCUT2D eigenvalue weighted by Crippen LogP contribution is 2.36. The smallest absolute Gasteiger partial charge is 0.110 e. The molecular formula is C19H36NO+. The summed E-state index contributed by atoms with van der Waals surface area (Å²) in [5.74, 6) is 1.77. The Balaban J connectivity index is 1.47. The van der Waals surface area contributed by atoms with Crippen molar-refractivity contribution in [1.82, 2.24) is 0 Å². The Kier molecular flexibility index (Phi) is 5.61. The van der Waals surface area contributed by atoms with Crippen LogP contribution in [0.4, 0.5) is 0 Å². The first-order chi connectivity index (χ1) is 10.3. The first-order valence-electron chi connectivity index (χ1n) is 9.78. The van der Waals surface area contributed by atoms with Gasteiger partial charge in [-0.2, -0.15) is 0 Å². The molecule has 1 unspecified atom stereocenters. The van der Waals surface area contributed by atoms with Crippen molar-refractivity contribution in [2.24, 2.45) is 11.8 Å². The molecule has 2 nitrogen and oxygen atoms in total.